The van der Waals surface area contributed by atoms with Crippen LogP contribution in [0, 0.1) is 7.14 Å². The summed E-state index contributed by atoms with van der Waals surface area (Å²) < 4.78 is 34.5. The van der Waals surface area contributed by atoms with Crippen molar-refractivity contribution in [1.29, 1.82) is 0 Å². The standard InChI is InChI=1S/C26H19IO3S/c28-31(29,30-27(24-11-3-1-4-12-24)25-13-5-2-6-14-25)26-16-15-22-17-20-9-7-8-10-21(20)18-23(22)19-26/h1-19H. The van der Waals surface area contributed by atoms with Crippen LogP contribution in [0.2, 0.25) is 0 Å². The van der Waals surface area contributed by atoms with Crippen molar-refractivity contribution in [1.82, 2.24) is 0 Å². The zero-order chi connectivity index (χ0) is 21.3. The van der Waals surface area contributed by atoms with Gasteiger partial charge in [0.25, 0.3) is 0 Å². The van der Waals surface area contributed by atoms with Gasteiger partial charge in [0.2, 0.25) is 0 Å². The number of hydrogen-bond donors (Lipinski definition) is 0. The average molecular weight is 538 g/mol. The summed E-state index contributed by atoms with van der Waals surface area (Å²) >= 11 is -2.65. The molecular weight excluding hydrogens is 519 g/mol. The molecular formula is C26H19IO3S. The van der Waals surface area contributed by atoms with Crippen molar-refractivity contribution in [2.75, 3.05) is 0 Å². The molecule has 31 heavy (non-hydrogen) atoms. The average Bonchev–Trinajstić information content (AvgIpc) is 2.82. The van der Waals surface area contributed by atoms with Crippen LogP contribution in [-0.2, 0) is 12.6 Å². The van der Waals surface area contributed by atoms with E-state index >= 15 is 0 Å². The molecule has 5 rings (SSSR count). The van der Waals surface area contributed by atoms with Crippen LogP contribution >= 0.6 is 20.2 Å². The SMILES string of the molecule is O=S(=O)(OI(c1ccccc1)c1ccccc1)c1ccc2cc3ccccc3cc2c1. The van der Waals surface area contributed by atoms with Crippen LogP contribution in [0.15, 0.2) is 120 Å². The zero-order valence-electron chi connectivity index (χ0n) is 16.5. The molecule has 0 aliphatic carbocycles. The Bertz CT molecular complexity index is 1430. The first-order valence-electron chi connectivity index (χ1n) is 9.78. The summed E-state index contributed by atoms with van der Waals surface area (Å²) in [6, 6.07) is 36.6. The molecule has 0 heterocycles. The van der Waals surface area contributed by atoms with Crippen LogP contribution in [-0.4, -0.2) is 8.42 Å². The van der Waals surface area contributed by atoms with E-state index in [1.165, 1.54) is 0 Å². The van der Waals surface area contributed by atoms with E-state index in [0.717, 1.165) is 28.7 Å². The van der Waals surface area contributed by atoms with Crippen LogP contribution in [0.4, 0.5) is 0 Å². The molecule has 0 amide bonds. The van der Waals surface area contributed by atoms with E-state index in [2.05, 4.69) is 12.1 Å². The van der Waals surface area contributed by atoms with Crippen molar-refractivity contribution in [3.63, 3.8) is 0 Å². The molecule has 0 N–H and O–H groups in total. The number of fused-ring (bicyclic) bond motifs is 2. The van der Waals surface area contributed by atoms with Crippen molar-refractivity contribution in [3.05, 3.63) is 122 Å². The van der Waals surface area contributed by atoms with Crippen molar-refractivity contribution < 1.29 is 10.9 Å². The Morgan fingerprint density at radius 3 is 1.58 bits per heavy atom. The zero-order valence-corrected chi connectivity index (χ0v) is 19.5. The van der Waals surface area contributed by atoms with Gasteiger partial charge < -0.3 is 0 Å². The molecule has 0 radical (unpaired) electrons. The molecule has 0 saturated heterocycles. The maximum absolute atomic E-state index is 13.3. The normalized spacial score (nSPS) is 12.2. The van der Waals surface area contributed by atoms with Crippen molar-refractivity contribution in [3.8, 4) is 0 Å². The van der Waals surface area contributed by atoms with Gasteiger partial charge in [-0.1, -0.05) is 0 Å². The predicted molar refractivity (Wildman–Crippen MR) is 134 cm³/mol. The third kappa shape index (κ3) is 4.21. The molecule has 5 heteroatoms. The van der Waals surface area contributed by atoms with E-state index in [4.69, 9.17) is 2.51 Å². The van der Waals surface area contributed by atoms with Gasteiger partial charge in [-0.25, -0.2) is 0 Å². The minimum atomic E-state index is -3.93. The van der Waals surface area contributed by atoms with Crippen molar-refractivity contribution in [2.45, 2.75) is 4.90 Å². The van der Waals surface area contributed by atoms with Crippen molar-refractivity contribution in [2.24, 2.45) is 0 Å². The second kappa shape index (κ2) is 8.42. The number of halogens is 1. The first-order valence-corrected chi connectivity index (χ1v) is 14.2. The van der Waals surface area contributed by atoms with Crippen LogP contribution in [0.1, 0.15) is 0 Å². The summed E-state index contributed by atoms with van der Waals surface area (Å²) in [5.74, 6) is 0. The monoisotopic (exact) mass is 538 g/mol. The number of hydrogen-bond acceptors (Lipinski definition) is 3. The van der Waals surface area contributed by atoms with Gasteiger partial charge in [0.15, 0.2) is 0 Å². The van der Waals surface area contributed by atoms with E-state index in [-0.39, 0.29) is 4.90 Å². The van der Waals surface area contributed by atoms with Crippen LogP contribution < -0.4 is 0 Å². The molecule has 0 unspecified atom stereocenters. The van der Waals surface area contributed by atoms with Gasteiger partial charge in [-0.15, -0.1) is 0 Å². The van der Waals surface area contributed by atoms with Crippen LogP contribution in [0.3, 0.4) is 0 Å². The third-order valence-corrected chi connectivity index (χ3v) is 12.3. The Morgan fingerprint density at radius 2 is 1.00 bits per heavy atom. The summed E-state index contributed by atoms with van der Waals surface area (Å²) in [4.78, 5) is 0.185. The van der Waals surface area contributed by atoms with Crippen LogP contribution in [0.5, 0.6) is 0 Å². The van der Waals surface area contributed by atoms with Gasteiger partial charge in [-0.3, -0.25) is 0 Å². The Labute approximate surface area is 189 Å². The first-order chi connectivity index (χ1) is 15.1. The molecule has 3 nitrogen and oxygen atoms in total. The fourth-order valence-electron chi connectivity index (χ4n) is 3.45. The molecule has 154 valence electrons. The van der Waals surface area contributed by atoms with E-state index in [1.54, 1.807) is 12.1 Å². The predicted octanol–water partition coefficient (Wildman–Crippen LogP) is 6.86. The second-order valence-electron chi connectivity index (χ2n) is 7.07. The summed E-state index contributed by atoms with van der Waals surface area (Å²) in [7, 11) is -3.93. The van der Waals surface area contributed by atoms with Gasteiger partial charge in [0.1, 0.15) is 0 Å². The molecule has 0 bridgehead atoms. The molecule has 0 atom stereocenters. The summed E-state index contributed by atoms with van der Waals surface area (Å²) in [6.07, 6.45) is 0. The van der Waals surface area contributed by atoms with E-state index in [9.17, 15) is 8.42 Å². The van der Waals surface area contributed by atoms with Crippen molar-refractivity contribution >= 4 is 51.9 Å². The summed E-state index contributed by atoms with van der Waals surface area (Å²) in [5, 5.41) is 4.08. The topological polar surface area (TPSA) is 43.4 Å². The molecule has 0 aliphatic rings. The Hall–Kier alpha value is -2.74. The maximum atomic E-state index is 13.3. The van der Waals surface area contributed by atoms with E-state index in [1.807, 2.05) is 91.0 Å². The third-order valence-electron chi connectivity index (χ3n) is 4.97. The Kier molecular flexibility index (Phi) is 5.48. The summed E-state index contributed by atoms with van der Waals surface area (Å²) in [5.41, 5.74) is 0. The molecule has 5 aromatic rings. The number of benzene rings is 5. The minimum absolute atomic E-state index is 0.185. The molecule has 0 fully saturated rings. The Balaban J connectivity index is 1.56. The van der Waals surface area contributed by atoms with Gasteiger partial charge in [0.05, 0.1) is 0 Å². The fraction of sp³-hybridized carbons (Fsp3) is 0. The quantitative estimate of drug-likeness (QED) is 0.181. The molecule has 0 aromatic heterocycles. The van der Waals surface area contributed by atoms with Gasteiger partial charge >= 0.3 is 190 Å². The molecule has 0 aliphatic heterocycles. The van der Waals surface area contributed by atoms with E-state index < -0.39 is 30.4 Å². The van der Waals surface area contributed by atoms with Gasteiger partial charge in [-0.2, -0.15) is 0 Å². The number of rotatable bonds is 5. The van der Waals surface area contributed by atoms with Crippen LogP contribution in [0.25, 0.3) is 21.5 Å². The summed E-state index contributed by atoms with van der Waals surface area (Å²) in [6.45, 7) is 0. The molecule has 0 saturated carbocycles. The van der Waals surface area contributed by atoms with Gasteiger partial charge in [-0.05, 0) is 0 Å². The first kappa shape index (κ1) is 20.2. The molecule has 5 aromatic carbocycles. The second-order valence-corrected chi connectivity index (χ2v) is 13.6. The molecule has 0 spiro atoms. The van der Waals surface area contributed by atoms with Gasteiger partial charge in [0, 0.05) is 0 Å². The Morgan fingerprint density at radius 1 is 0.516 bits per heavy atom. The van der Waals surface area contributed by atoms with E-state index in [0.29, 0.717) is 0 Å². The fourth-order valence-corrected chi connectivity index (χ4v) is 10.5.